The van der Waals surface area contributed by atoms with Gasteiger partial charge in [-0.05, 0) is 24.6 Å². The molecule has 0 aliphatic rings. The summed E-state index contributed by atoms with van der Waals surface area (Å²) in [5.41, 5.74) is -0.374. The molecule has 0 amide bonds. The molecule has 0 fully saturated rings. The highest BCUT2D eigenvalue weighted by atomic mass is 32.2. The van der Waals surface area contributed by atoms with Crippen molar-refractivity contribution in [3.63, 3.8) is 0 Å². The number of sulfonamides is 1. The molecule has 0 aromatic heterocycles. The fourth-order valence-corrected chi connectivity index (χ4v) is 3.32. The van der Waals surface area contributed by atoms with Gasteiger partial charge >= 0.3 is 11.9 Å². The first-order valence-electron chi connectivity index (χ1n) is 6.86. The molecule has 0 spiro atoms. The molecule has 1 aromatic rings. The lowest BCUT2D eigenvalue weighted by atomic mass is 10.1. The number of unbranched alkanes of at least 4 members (excludes halogenated alkanes) is 1. The van der Waals surface area contributed by atoms with Gasteiger partial charge in [-0.1, -0.05) is 19.8 Å². The maximum atomic E-state index is 13.4. The molecule has 1 unspecified atom stereocenters. The molecule has 128 valence electrons. The van der Waals surface area contributed by atoms with E-state index in [1.807, 2.05) is 11.6 Å². The van der Waals surface area contributed by atoms with Gasteiger partial charge in [0.2, 0.25) is 10.0 Å². The average Bonchev–Trinajstić information content (AvgIpc) is 2.50. The summed E-state index contributed by atoms with van der Waals surface area (Å²) in [6.07, 6.45) is 1.25. The standard InChI is InChI=1S/C14H18FNO6S/c1-3-4-5-11(13(17)18)16-23(20,21)12-8-9(15)6-7-10(12)14(19)22-2/h6-8,11,16H,3-5H2,1-2H3,(H,17,18). The number of methoxy groups -OCH3 is 1. The van der Waals surface area contributed by atoms with Crippen LogP contribution < -0.4 is 4.72 Å². The maximum Gasteiger partial charge on any atom is 0.339 e. The molecule has 0 aliphatic heterocycles. The first-order chi connectivity index (χ1) is 10.7. The van der Waals surface area contributed by atoms with Gasteiger partial charge in [-0.25, -0.2) is 17.6 Å². The van der Waals surface area contributed by atoms with Gasteiger partial charge in [0.1, 0.15) is 11.9 Å². The number of aliphatic carboxylic acids is 1. The summed E-state index contributed by atoms with van der Waals surface area (Å²) in [5.74, 6) is -3.19. The maximum absolute atomic E-state index is 13.4. The number of esters is 1. The van der Waals surface area contributed by atoms with E-state index in [0.29, 0.717) is 18.9 Å². The highest BCUT2D eigenvalue weighted by Crippen LogP contribution is 2.19. The number of hydrogen-bond donors (Lipinski definition) is 2. The second kappa shape index (κ2) is 8.02. The minimum absolute atomic E-state index is 0.0773. The predicted octanol–water partition coefficient (Wildman–Crippen LogP) is 1.53. The SMILES string of the molecule is CCCCC(NS(=O)(=O)c1cc(F)ccc1C(=O)OC)C(=O)O. The molecule has 0 bridgehead atoms. The molecule has 1 atom stereocenters. The van der Waals surface area contributed by atoms with Gasteiger partial charge in [-0.15, -0.1) is 0 Å². The molecular weight excluding hydrogens is 329 g/mol. The predicted molar refractivity (Wildman–Crippen MR) is 79.0 cm³/mol. The quantitative estimate of drug-likeness (QED) is 0.690. The normalized spacial score (nSPS) is 12.7. The molecule has 0 heterocycles. The lowest BCUT2D eigenvalue weighted by molar-refractivity contribution is -0.139. The molecule has 1 aromatic carbocycles. The summed E-state index contributed by atoms with van der Waals surface area (Å²) < 4.78 is 44.5. The molecule has 0 saturated heterocycles. The van der Waals surface area contributed by atoms with Crippen LogP contribution in [0.3, 0.4) is 0 Å². The van der Waals surface area contributed by atoms with E-state index < -0.39 is 38.7 Å². The molecule has 0 radical (unpaired) electrons. The number of halogens is 1. The molecule has 9 heteroatoms. The van der Waals surface area contributed by atoms with Crippen molar-refractivity contribution < 1.29 is 32.2 Å². The fraction of sp³-hybridized carbons (Fsp3) is 0.429. The number of carbonyl (C=O) groups is 2. The van der Waals surface area contributed by atoms with E-state index in [-0.39, 0.29) is 12.0 Å². The first-order valence-corrected chi connectivity index (χ1v) is 8.34. The van der Waals surface area contributed by atoms with Crippen molar-refractivity contribution >= 4 is 22.0 Å². The van der Waals surface area contributed by atoms with Crippen LogP contribution in [-0.4, -0.2) is 38.6 Å². The van der Waals surface area contributed by atoms with Crippen molar-refractivity contribution in [2.45, 2.75) is 37.1 Å². The summed E-state index contributed by atoms with van der Waals surface area (Å²) in [4.78, 5) is 22.1. The number of rotatable bonds is 8. The summed E-state index contributed by atoms with van der Waals surface area (Å²) in [5, 5.41) is 9.10. The van der Waals surface area contributed by atoms with Crippen LogP contribution in [-0.2, 0) is 19.6 Å². The molecular formula is C14H18FNO6S. The summed E-state index contributed by atoms with van der Waals surface area (Å²) in [6.45, 7) is 1.83. The van der Waals surface area contributed by atoms with Crippen molar-refractivity contribution in [1.82, 2.24) is 4.72 Å². The lowest BCUT2D eigenvalue weighted by Crippen LogP contribution is -2.41. The number of carboxylic acid groups (broad SMARTS) is 1. The van der Waals surface area contributed by atoms with E-state index in [1.54, 1.807) is 0 Å². The fourth-order valence-electron chi connectivity index (χ4n) is 1.89. The Hall–Kier alpha value is -2.00. The number of carboxylic acids is 1. The Morgan fingerprint density at radius 3 is 2.57 bits per heavy atom. The van der Waals surface area contributed by atoms with Crippen LogP contribution in [0, 0.1) is 5.82 Å². The molecule has 0 saturated carbocycles. The largest absolute Gasteiger partial charge is 0.480 e. The molecule has 23 heavy (non-hydrogen) atoms. The average molecular weight is 347 g/mol. The van der Waals surface area contributed by atoms with E-state index in [9.17, 15) is 22.4 Å². The summed E-state index contributed by atoms with van der Waals surface area (Å²) >= 11 is 0. The Kier molecular flexibility index (Phi) is 6.64. The minimum atomic E-state index is -4.41. The van der Waals surface area contributed by atoms with Gasteiger partial charge in [-0.2, -0.15) is 4.72 Å². The molecule has 0 aliphatic carbocycles. The zero-order valence-electron chi connectivity index (χ0n) is 12.7. The van der Waals surface area contributed by atoms with Gasteiger partial charge in [0, 0.05) is 0 Å². The smallest absolute Gasteiger partial charge is 0.339 e. The summed E-state index contributed by atoms with van der Waals surface area (Å²) in [6, 6.07) is 1.16. The topological polar surface area (TPSA) is 110 Å². The van der Waals surface area contributed by atoms with Crippen LogP contribution in [0.15, 0.2) is 23.1 Å². The Morgan fingerprint density at radius 2 is 2.04 bits per heavy atom. The van der Waals surface area contributed by atoms with Crippen molar-refractivity contribution in [3.05, 3.63) is 29.6 Å². The number of ether oxygens (including phenoxy) is 1. The monoisotopic (exact) mass is 347 g/mol. The Morgan fingerprint density at radius 1 is 1.39 bits per heavy atom. The molecule has 7 nitrogen and oxygen atoms in total. The van der Waals surface area contributed by atoms with Gasteiger partial charge in [0.15, 0.2) is 0 Å². The van der Waals surface area contributed by atoms with Crippen LogP contribution in [0.5, 0.6) is 0 Å². The van der Waals surface area contributed by atoms with Crippen LogP contribution in [0.4, 0.5) is 4.39 Å². The van der Waals surface area contributed by atoms with E-state index in [2.05, 4.69) is 4.74 Å². The number of nitrogens with one attached hydrogen (secondary N) is 1. The third kappa shape index (κ3) is 5.00. The van der Waals surface area contributed by atoms with Gasteiger partial charge in [0.25, 0.3) is 0 Å². The second-order valence-electron chi connectivity index (χ2n) is 4.79. The van der Waals surface area contributed by atoms with Crippen LogP contribution in [0.25, 0.3) is 0 Å². The Balaban J connectivity index is 3.24. The number of hydrogen-bond acceptors (Lipinski definition) is 5. The third-order valence-corrected chi connectivity index (χ3v) is 4.59. The minimum Gasteiger partial charge on any atom is -0.480 e. The van der Waals surface area contributed by atoms with Crippen molar-refractivity contribution in [3.8, 4) is 0 Å². The second-order valence-corrected chi connectivity index (χ2v) is 6.47. The van der Waals surface area contributed by atoms with Crippen LogP contribution >= 0.6 is 0 Å². The zero-order chi connectivity index (χ0) is 17.6. The number of benzene rings is 1. The van der Waals surface area contributed by atoms with Crippen molar-refractivity contribution in [1.29, 1.82) is 0 Å². The highest BCUT2D eigenvalue weighted by Gasteiger charge is 2.29. The van der Waals surface area contributed by atoms with Crippen LogP contribution in [0.1, 0.15) is 36.5 Å². The zero-order valence-corrected chi connectivity index (χ0v) is 13.5. The highest BCUT2D eigenvalue weighted by molar-refractivity contribution is 7.89. The number of carbonyl (C=O) groups excluding carboxylic acids is 1. The van der Waals surface area contributed by atoms with Gasteiger partial charge < -0.3 is 9.84 Å². The lowest BCUT2D eigenvalue weighted by Gasteiger charge is -2.16. The Labute approximate surface area is 133 Å². The van der Waals surface area contributed by atoms with Gasteiger partial charge in [-0.3, -0.25) is 4.79 Å². The van der Waals surface area contributed by atoms with E-state index in [4.69, 9.17) is 5.11 Å². The first kappa shape index (κ1) is 19.0. The van der Waals surface area contributed by atoms with Crippen molar-refractivity contribution in [2.75, 3.05) is 7.11 Å². The van der Waals surface area contributed by atoms with E-state index in [1.165, 1.54) is 0 Å². The Bertz CT molecular complexity index is 689. The van der Waals surface area contributed by atoms with E-state index in [0.717, 1.165) is 19.2 Å². The summed E-state index contributed by atoms with van der Waals surface area (Å²) in [7, 11) is -3.36. The van der Waals surface area contributed by atoms with Gasteiger partial charge in [0.05, 0.1) is 17.6 Å². The molecule has 1 rings (SSSR count). The molecule has 2 N–H and O–H groups in total. The third-order valence-electron chi connectivity index (χ3n) is 3.08. The van der Waals surface area contributed by atoms with Crippen molar-refractivity contribution in [2.24, 2.45) is 0 Å². The van der Waals surface area contributed by atoms with E-state index >= 15 is 0 Å². The van der Waals surface area contributed by atoms with Crippen LogP contribution in [0.2, 0.25) is 0 Å².